The summed E-state index contributed by atoms with van der Waals surface area (Å²) >= 11 is 2.93. The van der Waals surface area contributed by atoms with Crippen molar-refractivity contribution in [3.05, 3.63) is 123 Å². The Balaban J connectivity index is 1.71. The average Bonchev–Trinajstić information content (AvgIpc) is 3.51. The molecular weight excluding hydrogens is 458 g/mol. The van der Waals surface area contributed by atoms with Gasteiger partial charge in [0.2, 0.25) is 0 Å². The van der Waals surface area contributed by atoms with E-state index in [-0.39, 0.29) is 5.91 Å². The Morgan fingerprint density at radius 2 is 1.59 bits per heavy atom. The van der Waals surface area contributed by atoms with Crippen molar-refractivity contribution >= 4 is 39.3 Å². The first kappa shape index (κ1) is 22.1. The van der Waals surface area contributed by atoms with Gasteiger partial charge in [0.05, 0.1) is 22.8 Å². The molecular formula is C28H23N3OS2. The van der Waals surface area contributed by atoms with Crippen LogP contribution in [0.4, 0.5) is 10.7 Å². The minimum absolute atomic E-state index is 0.109. The zero-order valence-corrected chi connectivity index (χ0v) is 20.3. The van der Waals surface area contributed by atoms with E-state index in [1.807, 2.05) is 66.0 Å². The second-order valence-corrected chi connectivity index (χ2v) is 9.80. The first-order valence-corrected chi connectivity index (χ1v) is 12.7. The number of anilines is 1. The molecule has 34 heavy (non-hydrogen) atoms. The summed E-state index contributed by atoms with van der Waals surface area (Å²) in [5.74, 6) is -0.109. The van der Waals surface area contributed by atoms with E-state index in [1.54, 1.807) is 0 Å². The largest absolute Gasteiger partial charge is 0.311 e. The molecule has 0 spiro atoms. The Morgan fingerprint density at radius 3 is 2.26 bits per heavy atom. The molecule has 4 nitrogen and oxygen atoms in total. The van der Waals surface area contributed by atoms with Crippen LogP contribution in [0.3, 0.4) is 0 Å². The van der Waals surface area contributed by atoms with E-state index in [0.717, 1.165) is 26.7 Å². The van der Waals surface area contributed by atoms with Gasteiger partial charge in [-0.05, 0) is 36.1 Å². The van der Waals surface area contributed by atoms with Crippen LogP contribution in [0.15, 0.2) is 107 Å². The first-order chi connectivity index (χ1) is 16.7. The summed E-state index contributed by atoms with van der Waals surface area (Å²) in [4.78, 5) is 19.5. The number of nitrogens with one attached hydrogen (secondary N) is 1. The van der Waals surface area contributed by atoms with E-state index >= 15 is 0 Å². The second-order valence-electron chi connectivity index (χ2n) is 7.88. The van der Waals surface area contributed by atoms with Crippen molar-refractivity contribution in [1.29, 1.82) is 0 Å². The topological polar surface area (TPSA) is 46.4 Å². The number of nitrogens with zero attached hydrogens (tertiary/aromatic N) is 2. The summed E-state index contributed by atoms with van der Waals surface area (Å²) in [6.45, 7) is 2.71. The molecule has 0 aliphatic rings. The number of hydrogen-bond donors (Lipinski definition) is 1. The van der Waals surface area contributed by atoms with Gasteiger partial charge in [-0.25, -0.2) is 4.99 Å². The molecule has 6 heteroatoms. The molecule has 5 aromatic rings. The second kappa shape index (κ2) is 10.0. The van der Waals surface area contributed by atoms with Crippen molar-refractivity contribution in [2.24, 2.45) is 4.99 Å². The lowest BCUT2D eigenvalue weighted by atomic mass is 10.1. The highest BCUT2D eigenvalue weighted by Crippen LogP contribution is 2.33. The number of aryl methyl sites for hydroxylation is 1. The quantitative estimate of drug-likeness (QED) is 0.276. The third-order valence-electron chi connectivity index (χ3n) is 5.37. The first-order valence-electron chi connectivity index (χ1n) is 11.0. The number of carbonyl (C=O) groups is 1. The lowest BCUT2D eigenvalue weighted by Crippen LogP contribution is -2.17. The van der Waals surface area contributed by atoms with E-state index in [0.29, 0.717) is 11.4 Å². The van der Waals surface area contributed by atoms with Gasteiger partial charge in [0, 0.05) is 5.56 Å². The van der Waals surface area contributed by atoms with Gasteiger partial charge in [-0.3, -0.25) is 4.79 Å². The van der Waals surface area contributed by atoms with Crippen molar-refractivity contribution in [1.82, 2.24) is 4.57 Å². The molecule has 1 amide bonds. The van der Waals surface area contributed by atoms with Crippen LogP contribution in [0.1, 0.15) is 20.8 Å². The summed E-state index contributed by atoms with van der Waals surface area (Å²) in [5, 5.41) is 5.87. The van der Waals surface area contributed by atoms with E-state index in [4.69, 9.17) is 4.99 Å². The predicted octanol–water partition coefficient (Wildman–Crippen LogP) is 7.12. The predicted molar refractivity (Wildman–Crippen MR) is 142 cm³/mol. The lowest BCUT2D eigenvalue weighted by molar-refractivity contribution is 0.103. The van der Waals surface area contributed by atoms with E-state index in [9.17, 15) is 4.79 Å². The minimum atomic E-state index is -0.109. The number of thiophene rings is 1. The van der Waals surface area contributed by atoms with Crippen LogP contribution in [0.25, 0.3) is 11.3 Å². The smallest absolute Gasteiger partial charge is 0.266 e. The molecule has 0 saturated carbocycles. The molecule has 0 fully saturated rings. The number of para-hydroxylation sites is 1. The number of aromatic nitrogens is 1. The van der Waals surface area contributed by atoms with Gasteiger partial charge in [-0.15, -0.1) is 11.3 Å². The zero-order chi connectivity index (χ0) is 23.3. The van der Waals surface area contributed by atoms with Crippen molar-refractivity contribution in [2.75, 3.05) is 5.32 Å². The summed E-state index contributed by atoms with van der Waals surface area (Å²) in [6, 6.07) is 32.4. The van der Waals surface area contributed by atoms with Gasteiger partial charge >= 0.3 is 0 Å². The Bertz CT molecular complexity index is 1450. The molecule has 3 aromatic carbocycles. The summed E-state index contributed by atoms with van der Waals surface area (Å²) in [6.07, 6.45) is 0. The number of benzene rings is 3. The molecule has 0 atom stereocenters. The van der Waals surface area contributed by atoms with Crippen molar-refractivity contribution < 1.29 is 4.79 Å². The number of rotatable bonds is 6. The van der Waals surface area contributed by atoms with Gasteiger partial charge < -0.3 is 9.88 Å². The highest BCUT2D eigenvalue weighted by molar-refractivity contribution is 7.14. The number of amides is 1. The van der Waals surface area contributed by atoms with Gasteiger partial charge in [-0.2, -0.15) is 0 Å². The average molecular weight is 482 g/mol. The SMILES string of the molecule is Cc1ccc(-c2c(NC(=O)c3cccs3)sc(=Nc3ccccc3)n2Cc2ccccc2)cc1. The Hall–Kier alpha value is -3.74. The monoisotopic (exact) mass is 481 g/mol. The maximum Gasteiger partial charge on any atom is 0.266 e. The molecule has 0 aliphatic heterocycles. The van der Waals surface area contributed by atoms with Crippen molar-refractivity contribution in [3.8, 4) is 11.3 Å². The highest BCUT2D eigenvalue weighted by Gasteiger charge is 2.19. The molecule has 2 heterocycles. The fraction of sp³-hybridized carbons (Fsp3) is 0.0714. The Labute approximate surface area is 206 Å². The minimum Gasteiger partial charge on any atom is -0.311 e. The van der Waals surface area contributed by atoms with Crippen LogP contribution in [0.5, 0.6) is 0 Å². The molecule has 5 rings (SSSR count). The van der Waals surface area contributed by atoms with Gasteiger partial charge in [0.15, 0.2) is 4.80 Å². The maximum atomic E-state index is 13.0. The van der Waals surface area contributed by atoms with Crippen LogP contribution in [0, 0.1) is 6.92 Å². The highest BCUT2D eigenvalue weighted by atomic mass is 32.1. The molecule has 168 valence electrons. The van der Waals surface area contributed by atoms with Crippen molar-refractivity contribution in [2.45, 2.75) is 13.5 Å². The Morgan fingerprint density at radius 1 is 0.882 bits per heavy atom. The van der Waals surface area contributed by atoms with Gasteiger partial charge in [0.25, 0.3) is 5.91 Å². The van der Waals surface area contributed by atoms with E-state index in [1.165, 1.54) is 33.8 Å². The van der Waals surface area contributed by atoms with Crippen molar-refractivity contribution in [3.63, 3.8) is 0 Å². The number of hydrogen-bond acceptors (Lipinski definition) is 4. The third-order valence-corrected chi connectivity index (χ3v) is 7.23. The van der Waals surface area contributed by atoms with E-state index < -0.39 is 0 Å². The maximum absolute atomic E-state index is 13.0. The molecule has 0 aliphatic carbocycles. The summed E-state index contributed by atoms with van der Waals surface area (Å²) < 4.78 is 2.20. The number of thiazole rings is 1. The van der Waals surface area contributed by atoms with Gasteiger partial charge in [-0.1, -0.05) is 95.8 Å². The molecule has 0 unspecified atom stereocenters. The Kier molecular flexibility index (Phi) is 6.51. The van der Waals surface area contributed by atoms with Crippen LogP contribution in [0.2, 0.25) is 0 Å². The summed E-state index contributed by atoms with van der Waals surface area (Å²) in [7, 11) is 0. The van der Waals surface area contributed by atoms with Crippen LogP contribution in [-0.2, 0) is 6.54 Å². The molecule has 0 saturated heterocycles. The lowest BCUT2D eigenvalue weighted by Gasteiger charge is -2.12. The fourth-order valence-corrected chi connectivity index (χ4v) is 5.36. The summed E-state index contributed by atoms with van der Waals surface area (Å²) in [5.41, 5.74) is 5.21. The molecule has 0 radical (unpaired) electrons. The molecule has 1 N–H and O–H groups in total. The third kappa shape index (κ3) is 4.93. The standard InChI is InChI=1S/C28H23N3OS2/c1-20-14-16-22(17-15-20)25-27(30-26(32)24-13-8-18-33-24)34-28(29-23-11-6-3-7-12-23)31(25)19-21-9-4-2-5-10-21/h2-18H,19H2,1H3,(H,30,32). The molecule has 0 bridgehead atoms. The molecule has 2 aromatic heterocycles. The number of carbonyl (C=O) groups excluding carboxylic acids is 1. The van der Waals surface area contributed by atoms with Crippen LogP contribution >= 0.6 is 22.7 Å². The normalized spacial score (nSPS) is 11.5. The van der Waals surface area contributed by atoms with Crippen LogP contribution in [-0.4, -0.2) is 10.5 Å². The zero-order valence-electron chi connectivity index (χ0n) is 18.6. The van der Waals surface area contributed by atoms with E-state index in [2.05, 4.69) is 53.2 Å². The van der Waals surface area contributed by atoms with Crippen LogP contribution < -0.4 is 10.1 Å². The fourth-order valence-electron chi connectivity index (χ4n) is 3.68. The van der Waals surface area contributed by atoms with Gasteiger partial charge in [0.1, 0.15) is 5.00 Å².